The SMILES string of the molecule is CC(C)c1ccccc1-c1nc(OCc2ccc(-c3nc(C(F)(F)F)cn3C)cc2)cc2c1ncn2C. The average molecular weight is 506 g/mol. The Balaban J connectivity index is 1.42. The molecule has 3 heterocycles. The molecule has 6 nitrogen and oxygen atoms in total. The first-order valence-corrected chi connectivity index (χ1v) is 11.9. The van der Waals surface area contributed by atoms with Gasteiger partial charge in [0, 0.05) is 37.5 Å². The van der Waals surface area contributed by atoms with Crippen molar-refractivity contribution in [2.24, 2.45) is 14.1 Å². The van der Waals surface area contributed by atoms with Crippen molar-refractivity contribution in [1.29, 1.82) is 0 Å². The molecule has 0 radical (unpaired) electrons. The molecule has 0 saturated heterocycles. The standard InChI is InChI=1S/C28H26F3N5O/c1-17(2)20-7-5-6-8-21(20)25-26-22(36(4)16-32-26)13-24(34-25)37-15-18-9-11-19(12-10-18)27-33-23(14-35(27)3)28(29,30)31/h5-14,16-17H,15H2,1-4H3. The van der Waals surface area contributed by atoms with E-state index < -0.39 is 11.9 Å². The van der Waals surface area contributed by atoms with Gasteiger partial charge in [-0.25, -0.2) is 15.0 Å². The maximum atomic E-state index is 13.0. The number of alkyl halides is 3. The number of fused-ring (bicyclic) bond motifs is 1. The normalized spacial score (nSPS) is 12.0. The number of aromatic nitrogens is 5. The first-order valence-electron chi connectivity index (χ1n) is 11.9. The number of benzene rings is 2. The van der Waals surface area contributed by atoms with Gasteiger partial charge in [-0.15, -0.1) is 0 Å². The molecule has 0 aliphatic rings. The fourth-order valence-corrected chi connectivity index (χ4v) is 4.36. The summed E-state index contributed by atoms with van der Waals surface area (Å²) in [6, 6.07) is 17.1. The average Bonchev–Trinajstić information content (AvgIpc) is 3.45. The quantitative estimate of drug-likeness (QED) is 0.256. The highest BCUT2D eigenvalue weighted by Crippen LogP contribution is 2.34. The van der Waals surface area contributed by atoms with Crippen LogP contribution in [0.15, 0.2) is 67.1 Å². The molecular formula is C28H26F3N5O. The summed E-state index contributed by atoms with van der Waals surface area (Å²) < 4.78 is 48.4. The van der Waals surface area contributed by atoms with E-state index >= 15 is 0 Å². The van der Waals surface area contributed by atoms with Gasteiger partial charge in [0.15, 0.2) is 5.69 Å². The molecule has 5 rings (SSSR count). The monoisotopic (exact) mass is 505 g/mol. The second-order valence-corrected chi connectivity index (χ2v) is 9.32. The third kappa shape index (κ3) is 4.81. The number of halogens is 3. The van der Waals surface area contributed by atoms with E-state index in [1.807, 2.05) is 41.9 Å². The van der Waals surface area contributed by atoms with Gasteiger partial charge >= 0.3 is 6.18 Å². The Hall–Kier alpha value is -4.14. The lowest BCUT2D eigenvalue weighted by Crippen LogP contribution is -2.04. The Kier molecular flexibility index (Phi) is 6.23. The van der Waals surface area contributed by atoms with Crippen molar-refractivity contribution in [1.82, 2.24) is 24.1 Å². The summed E-state index contributed by atoms with van der Waals surface area (Å²) in [7, 11) is 3.47. The van der Waals surface area contributed by atoms with Crippen LogP contribution in [0.3, 0.4) is 0 Å². The molecule has 5 aromatic rings. The van der Waals surface area contributed by atoms with Crippen LogP contribution in [0.25, 0.3) is 33.7 Å². The maximum absolute atomic E-state index is 13.0. The van der Waals surface area contributed by atoms with Crippen LogP contribution in [-0.2, 0) is 26.9 Å². The topological polar surface area (TPSA) is 57.8 Å². The van der Waals surface area contributed by atoms with Crippen LogP contribution >= 0.6 is 0 Å². The Morgan fingerprint density at radius 2 is 1.68 bits per heavy atom. The summed E-state index contributed by atoms with van der Waals surface area (Å²) in [5.41, 5.74) is 5.20. The summed E-state index contributed by atoms with van der Waals surface area (Å²) in [5.74, 6) is 1.02. The molecule has 37 heavy (non-hydrogen) atoms. The third-order valence-corrected chi connectivity index (χ3v) is 6.29. The van der Waals surface area contributed by atoms with E-state index in [4.69, 9.17) is 9.72 Å². The zero-order valence-corrected chi connectivity index (χ0v) is 20.9. The lowest BCUT2D eigenvalue weighted by atomic mass is 9.94. The van der Waals surface area contributed by atoms with Gasteiger partial charge in [0.1, 0.15) is 23.6 Å². The van der Waals surface area contributed by atoms with Crippen molar-refractivity contribution >= 4 is 11.0 Å². The summed E-state index contributed by atoms with van der Waals surface area (Å²) in [4.78, 5) is 13.2. The molecule has 190 valence electrons. The molecule has 0 saturated carbocycles. The number of nitrogens with zero attached hydrogens (tertiary/aromatic N) is 5. The number of hydrogen-bond donors (Lipinski definition) is 0. The molecule has 9 heteroatoms. The van der Waals surface area contributed by atoms with E-state index in [1.165, 1.54) is 10.1 Å². The molecule has 0 N–H and O–H groups in total. The molecule has 2 aromatic carbocycles. The number of ether oxygens (including phenoxy) is 1. The van der Waals surface area contributed by atoms with Gasteiger partial charge in [-0.1, -0.05) is 62.4 Å². The van der Waals surface area contributed by atoms with Crippen molar-refractivity contribution in [2.75, 3.05) is 0 Å². The lowest BCUT2D eigenvalue weighted by Gasteiger charge is -2.14. The summed E-state index contributed by atoms with van der Waals surface area (Å²) in [5, 5.41) is 0. The van der Waals surface area contributed by atoms with Gasteiger partial charge in [-0.3, -0.25) is 0 Å². The van der Waals surface area contributed by atoms with Gasteiger partial charge in [-0.05, 0) is 17.0 Å². The minimum Gasteiger partial charge on any atom is -0.473 e. The molecule has 0 fully saturated rings. The van der Waals surface area contributed by atoms with E-state index in [1.54, 1.807) is 25.5 Å². The number of rotatable bonds is 6. The molecule has 0 unspecified atom stereocenters. The van der Waals surface area contributed by atoms with E-state index in [0.29, 0.717) is 17.4 Å². The minimum absolute atomic E-state index is 0.246. The fraction of sp³-hybridized carbons (Fsp3) is 0.250. The molecular weight excluding hydrogens is 479 g/mol. The van der Waals surface area contributed by atoms with Crippen molar-refractivity contribution in [3.05, 3.63) is 83.9 Å². The number of imidazole rings is 2. The van der Waals surface area contributed by atoms with Gasteiger partial charge in [0.2, 0.25) is 5.88 Å². The van der Waals surface area contributed by atoms with Crippen LogP contribution in [-0.4, -0.2) is 24.1 Å². The Morgan fingerprint density at radius 3 is 2.35 bits per heavy atom. The highest BCUT2D eigenvalue weighted by Gasteiger charge is 2.34. The first kappa shape index (κ1) is 24.5. The van der Waals surface area contributed by atoms with Gasteiger partial charge < -0.3 is 13.9 Å². The number of hydrogen-bond acceptors (Lipinski definition) is 4. The van der Waals surface area contributed by atoms with Crippen molar-refractivity contribution in [2.45, 2.75) is 32.5 Å². The van der Waals surface area contributed by atoms with Crippen molar-refractivity contribution < 1.29 is 17.9 Å². The Labute approximate surface area is 212 Å². The Morgan fingerprint density at radius 1 is 0.946 bits per heavy atom. The maximum Gasteiger partial charge on any atom is 0.434 e. The summed E-state index contributed by atoms with van der Waals surface area (Å²) in [6.07, 6.45) is -1.74. The van der Waals surface area contributed by atoms with Gasteiger partial charge in [0.25, 0.3) is 0 Å². The molecule has 3 aromatic heterocycles. The van der Waals surface area contributed by atoms with Crippen LogP contribution in [0, 0.1) is 0 Å². The number of aryl methyl sites for hydroxylation is 2. The van der Waals surface area contributed by atoms with Crippen LogP contribution in [0.5, 0.6) is 5.88 Å². The Bertz CT molecular complexity index is 1570. The lowest BCUT2D eigenvalue weighted by molar-refractivity contribution is -0.140. The highest BCUT2D eigenvalue weighted by molar-refractivity contribution is 5.91. The molecule has 0 aliphatic carbocycles. The van der Waals surface area contributed by atoms with E-state index in [-0.39, 0.29) is 12.4 Å². The second kappa shape index (κ2) is 9.38. The third-order valence-electron chi connectivity index (χ3n) is 6.29. The molecule has 0 aliphatic heterocycles. The van der Waals surface area contributed by atoms with Crippen LogP contribution in [0.2, 0.25) is 0 Å². The molecule has 0 bridgehead atoms. The van der Waals surface area contributed by atoms with Crippen LogP contribution in [0.1, 0.15) is 36.6 Å². The van der Waals surface area contributed by atoms with E-state index in [9.17, 15) is 13.2 Å². The zero-order valence-electron chi connectivity index (χ0n) is 20.9. The minimum atomic E-state index is -4.49. The highest BCUT2D eigenvalue weighted by atomic mass is 19.4. The van der Waals surface area contributed by atoms with Gasteiger partial charge in [0.05, 0.1) is 11.8 Å². The second-order valence-electron chi connectivity index (χ2n) is 9.32. The zero-order chi connectivity index (χ0) is 26.3. The summed E-state index contributed by atoms with van der Waals surface area (Å²) in [6.45, 7) is 4.54. The smallest absolute Gasteiger partial charge is 0.434 e. The van der Waals surface area contributed by atoms with E-state index in [0.717, 1.165) is 34.1 Å². The molecule has 0 atom stereocenters. The summed E-state index contributed by atoms with van der Waals surface area (Å²) >= 11 is 0. The van der Waals surface area contributed by atoms with Crippen molar-refractivity contribution in [3.8, 4) is 28.5 Å². The van der Waals surface area contributed by atoms with Crippen LogP contribution in [0.4, 0.5) is 13.2 Å². The first-order chi connectivity index (χ1) is 17.6. The van der Waals surface area contributed by atoms with E-state index in [2.05, 4.69) is 35.9 Å². The predicted octanol–water partition coefficient (Wildman–Crippen LogP) is 6.76. The van der Waals surface area contributed by atoms with Crippen LogP contribution < -0.4 is 4.74 Å². The molecule has 0 amide bonds. The fourth-order valence-electron chi connectivity index (χ4n) is 4.36. The number of pyridine rings is 1. The largest absolute Gasteiger partial charge is 0.473 e. The van der Waals surface area contributed by atoms with Gasteiger partial charge in [-0.2, -0.15) is 13.2 Å². The predicted molar refractivity (Wildman–Crippen MR) is 136 cm³/mol. The van der Waals surface area contributed by atoms with Crippen molar-refractivity contribution in [3.63, 3.8) is 0 Å². The molecule has 0 spiro atoms.